The maximum atomic E-state index is 12.5. The van der Waals surface area contributed by atoms with Crippen LogP contribution in [-0.2, 0) is 4.79 Å². The Hall–Kier alpha value is -2.14. The number of amides is 1. The molecule has 1 aromatic carbocycles. The van der Waals surface area contributed by atoms with Crippen molar-refractivity contribution >= 4 is 17.4 Å². The second-order valence-corrected chi connectivity index (χ2v) is 7.25. The van der Waals surface area contributed by atoms with Crippen LogP contribution in [0.3, 0.4) is 0 Å². The zero-order valence-corrected chi connectivity index (χ0v) is 14.5. The zero-order valence-electron chi connectivity index (χ0n) is 14.5. The second kappa shape index (κ2) is 7.00. The molecule has 3 heterocycles. The van der Waals surface area contributed by atoms with Crippen LogP contribution in [0.15, 0.2) is 36.0 Å². The molecule has 1 unspecified atom stereocenters. The Kier molecular flexibility index (Phi) is 4.57. The Morgan fingerprint density at radius 2 is 1.92 bits per heavy atom. The number of unbranched alkanes of at least 4 members (excludes halogenated alkanes) is 1. The lowest BCUT2D eigenvalue weighted by Crippen LogP contribution is -2.32. The number of nitrogens with zero attached hydrogens (tertiary/aromatic N) is 2. The predicted molar refractivity (Wildman–Crippen MR) is 97.6 cm³/mol. The molecule has 5 heteroatoms. The van der Waals surface area contributed by atoms with Crippen LogP contribution in [0.1, 0.15) is 36.0 Å². The first-order valence-electron chi connectivity index (χ1n) is 9.29. The highest BCUT2D eigenvalue weighted by Gasteiger charge is 2.30. The molecule has 0 aliphatic carbocycles. The van der Waals surface area contributed by atoms with Gasteiger partial charge in [0.1, 0.15) is 0 Å². The fourth-order valence-corrected chi connectivity index (χ4v) is 4.16. The van der Waals surface area contributed by atoms with Crippen molar-refractivity contribution in [2.24, 2.45) is 5.92 Å². The highest BCUT2D eigenvalue weighted by molar-refractivity contribution is 6.09. The van der Waals surface area contributed by atoms with E-state index in [4.69, 9.17) is 0 Å². The predicted octanol–water partition coefficient (Wildman–Crippen LogP) is 2.20. The number of carbonyl (C=O) groups excluding carboxylic acids is 2. The number of likely N-dealkylation sites (tertiary alicyclic amines) is 1. The molecule has 3 aliphatic heterocycles. The Morgan fingerprint density at radius 1 is 1.08 bits per heavy atom. The quantitative estimate of drug-likeness (QED) is 0.836. The van der Waals surface area contributed by atoms with E-state index in [2.05, 4.69) is 16.4 Å². The van der Waals surface area contributed by atoms with Gasteiger partial charge in [0.25, 0.3) is 0 Å². The molecule has 0 radical (unpaired) electrons. The monoisotopic (exact) mass is 339 g/mol. The number of nitrogens with one attached hydrogen (secondary N) is 1. The van der Waals surface area contributed by atoms with E-state index in [0.29, 0.717) is 30.9 Å². The molecule has 1 aromatic rings. The van der Waals surface area contributed by atoms with Crippen molar-refractivity contribution in [1.29, 1.82) is 0 Å². The molecule has 25 heavy (non-hydrogen) atoms. The van der Waals surface area contributed by atoms with Crippen molar-refractivity contribution in [1.82, 2.24) is 10.2 Å². The Morgan fingerprint density at radius 3 is 2.80 bits per heavy atom. The number of ketones is 1. The first kappa shape index (κ1) is 16.3. The van der Waals surface area contributed by atoms with Gasteiger partial charge in [-0.25, -0.2) is 0 Å². The number of rotatable bonds is 5. The van der Waals surface area contributed by atoms with E-state index < -0.39 is 0 Å². The van der Waals surface area contributed by atoms with Crippen LogP contribution in [-0.4, -0.2) is 49.3 Å². The van der Waals surface area contributed by atoms with E-state index in [9.17, 15) is 9.59 Å². The first-order chi connectivity index (χ1) is 12.2. The Bertz CT molecular complexity index is 713. The van der Waals surface area contributed by atoms with Crippen molar-refractivity contribution in [3.8, 4) is 0 Å². The second-order valence-electron chi connectivity index (χ2n) is 7.25. The Labute approximate surface area is 148 Å². The van der Waals surface area contributed by atoms with Crippen molar-refractivity contribution in [3.05, 3.63) is 41.6 Å². The molecule has 3 aliphatic rings. The molecule has 5 nitrogen and oxygen atoms in total. The molecule has 1 N–H and O–H groups in total. The standard InChI is InChI=1S/C20H25N3O2/c24-19-7-8-20(25)23(18-6-2-1-5-17(18)19)10-4-3-9-22-13-15-11-21-12-16(15)14-22/h1-2,5-6,11,16,21H,3-4,7-10,12-14H2. The fourth-order valence-electron chi connectivity index (χ4n) is 4.16. The highest BCUT2D eigenvalue weighted by Crippen LogP contribution is 2.28. The summed E-state index contributed by atoms with van der Waals surface area (Å²) in [6, 6.07) is 7.52. The normalized spacial score (nSPS) is 23.1. The minimum absolute atomic E-state index is 0.0743. The first-order valence-corrected chi connectivity index (χ1v) is 9.29. The van der Waals surface area contributed by atoms with Crippen LogP contribution in [0.25, 0.3) is 0 Å². The SMILES string of the molecule is O=C1CCC(=O)N(CCCCN2CC3=CNCC3C2)c2ccccc21. The van der Waals surface area contributed by atoms with Crippen LogP contribution >= 0.6 is 0 Å². The van der Waals surface area contributed by atoms with Gasteiger partial charge in [0.2, 0.25) is 5.91 Å². The number of anilines is 1. The summed E-state index contributed by atoms with van der Waals surface area (Å²) < 4.78 is 0. The number of fused-ring (bicyclic) bond motifs is 2. The molecule has 1 amide bonds. The van der Waals surface area contributed by atoms with Crippen LogP contribution in [0.5, 0.6) is 0 Å². The van der Waals surface area contributed by atoms with Gasteiger partial charge in [0.15, 0.2) is 5.78 Å². The van der Waals surface area contributed by atoms with Crippen LogP contribution in [0, 0.1) is 5.92 Å². The molecule has 132 valence electrons. The van der Waals surface area contributed by atoms with E-state index in [1.54, 1.807) is 0 Å². The van der Waals surface area contributed by atoms with Crippen LogP contribution < -0.4 is 10.2 Å². The molecule has 0 spiro atoms. The van der Waals surface area contributed by atoms with Crippen molar-refractivity contribution < 1.29 is 9.59 Å². The number of para-hydroxylation sites is 1. The number of benzene rings is 1. The lowest BCUT2D eigenvalue weighted by molar-refractivity contribution is -0.118. The van der Waals surface area contributed by atoms with Gasteiger partial charge in [-0.2, -0.15) is 0 Å². The summed E-state index contributed by atoms with van der Waals surface area (Å²) >= 11 is 0. The maximum absolute atomic E-state index is 12.5. The molecule has 1 saturated heterocycles. The number of Topliss-reactive ketones (excluding diaryl/α,β-unsaturated/α-hetero) is 1. The molecule has 0 aromatic heterocycles. The molecule has 1 fully saturated rings. The number of hydrogen-bond donors (Lipinski definition) is 1. The smallest absolute Gasteiger partial charge is 0.227 e. The average Bonchev–Trinajstić information content (AvgIpc) is 3.18. The summed E-state index contributed by atoms with van der Waals surface area (Å²) in [5.74, 6) is 0.854. The van der Waals surface area contributed by atoms with E-state index in [-0.39, 0.29) is 11.7 Å². The largest absolute Gasteiger partial charge is 0.390 e. The minimum atomic E-state index is 0.0743. The number of carbonyl (C=O) groups is 2. The van der Waals surface area contributed by atoms with Gasteiger partial charge >= 0.3 is 0 Å². The van der Waals surface area contributed by atoms with Crippen molar-refractivity contribution in [2.75, 3.05) is 37.6 Å². The minimum Gasteiger partial charge on any atom is -0.390 e. The third-order valence-corrected chi connectivity index (χ3v) is 5.53. The van der Waals surface area contributed by atoms with Crippen LogP contribution in [0.4, 0.5) is 5.69 Å². The van der Waals surface area contributed by atoms with Gasteiger partial charge in [-0.1, -0.05) is 12.1 Å². The average molecular weight is 339 g/mol. The molecule has 1 atom stereocenters. The summed E-state index contributed by atoms with van der Waals surface area (Å²) in [5.41, 5.74) is 3.03. The molecular formula is C20H25N3O2. The third kappa shape index (κ3) is 3.33. The summed E-state index contributed by atoms with van der Waals surface area (Å²) in [7, 11) is 0. The summed E-state index contributed by atoms with van der Waals surface area (Å²) in [4.78, 5) is 29.0. The van der Waals surface area contributed by atoms with Gasteiger partial charge in [-0.05, 0) is 43.3 Å². The van der Waals surface area contributed by atoms with Crippen molar-refractivity contribution in [2.45, 2.75) is 25.7 Å². The van der Waals surface area contributed by atoms with Gasteiger partial charge in [0, 0.05) is 50.5 Å². The molecule has 4 rings (SSSR count). The van der Waals surface area contributed by atoms with Crippen LogP contribution in [0.2, 0.25) is 0 Å². The lowest BCUT2D eigenvalue weighted by Gasteiger charge is -2.23. The van der Waals surface area contributed by atoms with E-state index >= 15 is 0 Å². The highest BCUT2D eigenvalue weighted by atomic mass is 16.2. The summed E-state index contributed by atoms with van der Waals surface area (Å²) in [6.07, 6.45) is 4.86. The van der Waals surface area contributed by atoms with E-state index in [0.717, 1.165) is 44.7 Å². The zero-order chi connectivity index (χ0) is 17.2. The molecular weight excluding hydrogens is 314 g/mol. The molecule has 0 saturated carbocycles. The van der Waals surface area contributed by atoms with Gasteiger partial charge in [-0.15, -0.1) is 0 Å². The van der Waals surface area contributed by atoms with E-state index in [1.807, 2.05) is 29.2 Å². The summed E-state index contributed by atoms with van der Waals surface area (Å²) in [6.45, 7) is 5.09. The lowest BCUT2D eigenvalue weighted by atomic mass is 10.1. The van der Waals surface area contributed by atoms with E-state index in [1.165, 1.54) is 5.57 Å². The topological polar surface area (TPSA) is 52.7 Å². The fraction of sp³-hybridized carbons (Fsp3) is 0.500. The van der Waals surface area contributed by atoms with Gasteiger partial charge in [-0.3, -0.25) is 14.5 Å². The summed E-state index contributed by atoms with van der Waals surface area (Å²) in [5, 5.41) is 3.32. The van der Waals surface area contributed by atoms with Gasteiger partial charge in [0.05, 0.1) is 5.69 Å². The Balaban J connectivity index is 1.33. The molecule has 0 bridgehead atoms. The number of hydrogen-bond acceptors (Lipinski definition) is 4. The maximum Gasteiger partial charge on any atom is 0.227 e. The van der Waals surface area contributed by atoms with Crippen molar-refractivity contribution in [3.63, 3.8) is 0 Å². The van der Waals surface area contributed by atoms with Gasteiger partial charge < -0.3 is 10.2 Å². The third-order valence-electron chi connectivity index (χ3n) is 5.53.